The van der Waals surface area contributed by atoms with Gasteiger partial charge in [0, 0.05) is 43.3 Å². The van der Waals surface area contributed by atoms with Crippen LogP contribution >= 0.6 is 0 Å². The summed E-state index contributed by atoms with van der Waals surface area (Å²) in [6, 6.07) is 42.2. The molecule has 5 heteroatoms. The van der Waals surface area contributed by atoms with Gasteiger partial charge in [-0.2, -0.15) is 0 Å². The van der Waals surface area contributed by atoms with E-state index in [-0.39, 0.29) is 25.5 Å². The number of benzene rings is 4. The first-order valence-corrected chi connectivity index (χ1v) is 20.3. The average Bonchev–Trinajstić information content (AvgIpc) is 3.47. The average molecular weight is 837 g/mol. The van der Waals surface area contributed by atoms with E-state index in [1.807, 2.05) is 30.3 Å². The molecule has 0 aliphatic carbocycles. The fraction of sp³-hybridized carbons (Fsp3) is 0.227. The number of furan rings is 1. The third-order valence-corrected chi connectivity index (χ3v) is 11.2. The van der Waals surface area contributed by atoms with Gasteiger partial charge in [-0.1, -0.05) is 131 Å². The monoisotopic (exact) mass is 837 g/mol. The van der Waals surface area contributed by atoms with E-state index < -0.39 is 8.07 Å². The topological polar surface area (TPSA) is 38.9 Å². The summed E-state index contributed by atoms with van der Waals surface area (Å²) < 4.78 is 6.34. The first kappa shape index (κ1) is 36.1. The molecule has 3 nitrogen and oxygen atoms in total. The van der Waals surface area contributed by atoms with Gasteiger partial charge in [-0.15, -0.1) is 53.6 Å². The van der Waals surface area contributed by atoms with E-state index in [1.165, 1.54) is 27.4 Å². The summed E-state index contributed by atoms with van der Waals surface area (Å²) in [4.78, 5) is 9.17. The number of nitrogens with zero attached hydrogens (tertiary/aromatic N) is 2. The molecule has 0 saturated heterocycles. The molecule has 0 unspecified atom stereocenters. The zero-order valence-corrected chi connectivity index (χ0v) is 33.1. The van der Waals surface area contributed by atoms with Crippen LogP contribution in [0, 0.1) is 19.1 Å². The van der Waals surface area contributed by atoms with Gasteiger partial charge in [0.2, 0.25) is 0 Å². The number of aromatic nitrogens is 2. The predicted octanol–water partition coefficient (Wildman–Crippen LogP) is 11.3. The van der Waals surface area contributed by atoms with Gasteiger partial charge in [0.05, 0.1) is 13.7 Å². The van der Waals surface area contributed by atoms with Crippen LogP contribution in [0.1, 0.15) is 55.9 Å². The minimum absolute atomic E-state index is 0. The first-order valence-electron chi connectivity index (χ1n) is 16.8. The molecule has 0 aliphatic heterocycles. The van der Waals surface area contributed by atoms with Crippen molar-refractivity contribution in [2.75, 3.05) is 0 Å². The van der Waals surface area contributed by atoms with Crippen LogP contribution in [0.25, 0.3) is 44.5 Å². The van der Waals surface area contributed by atoms with Gasteiger partial charge in [0.1, 0.15) is 5.58 Å². The number of rotatable bonds is 6. The van der Waals surface area contributed by atoms with Crippen molar-refractivity contribution in [2.24, 2.45) is 0 Å². The molecular formula is C44H44IrN2OSi-2. The Labute approximate surface area is 306 Å². The molecular weight excluding hydrogens is 793 g/mol. The second-order valence-electron chi connectivity index (χ2n) is 14.5. The van der Waals surface area contributed by atoms with E-state index in [2.05, 4.69) is 150 Å². The molecule has 3 aromatic heterocycles. The van der Waals surface area contributed by atoms with Crippen LogP contribution in [0.3, 0.4) is 0 Å². The second kappa shape index (κ2) is 14.8. The third kappa shape index (κ3) is 7.70. The summed E-state index contributed by atoms with van der Waals surface area (Å²) in [7, 11) is -1.35. The van der Waals surface area contributed by atoms with Crippen molar-refractivity contribution < 1.29 is 24.5 Å². The molecule has 7 rings (SSSR count). The Morgan fingerprint density at radius 3 is 2.16 bits per heavy atom. The molecule has 0 fully saturated rings. The molecule has 4 aromatic carbocycles. The summed E-state index contributed by atoms with van der Waals surface area (Å²) in [6.07, 6.45) is 3.90. The number of fused-ring (bicyclic) bond motifs is 3. The van der Waals surface area contributed by atoms with Gasteiger partial charge >= 0.3 is 0 Å². The van der Waals surface area contributed by atoms with Crippen molar-refractivity contribution in [3.05, 3.63) is 150 Å². The maximum Gasteiger partial charge on any atom is 0.121 e. The van der Waals surface area contributed by atoms with E-state index in [9.17, 15) is 0 Å². The summed E-state index contributed by atoms with van der Waals surface area (Å²) in [5.41, 5.74) is 10.7. The van der Waals surface area contributed by atoms with Crippen LogP contribution in [0.5, 0.6) is 0 Å². The van der Waals surface area contributed by atoms with Crippen LogP contribution in [0.15, 0.2) is 120 Å². The Morgan fingerprint density at radius 1 is 0.755 bits per heavy atom. The Hall–Kier alpha value is -4.15. The van der Waals surface area contributed by atoms with Crippen molar-refractivity contribution >= 4 is 35.2 Å². The standard InChI is InChI=1S/C26H20NO.C18H24NSi.Ir/c1-26(2,18-9-4-3-5-10-18)19-14-15-20-21-11-8-12-22(23-13-6-7-16-27-23)25(21)28-24(20)17-19;1-13(2)16-11-17(15-9-7-14(3)8-10-15)19-12-18(16)20(4,5)6;/h3-11,13-17H,1-2H3;7-9,11-13H,1-6H3;/q2*-1;. The molecule has 0 spiro atoms. The van der Waals surface area contributed by atoms with Gasteiger partial charge in [0.15, 0.2) is 0 Å². The summed E-state index contributed by atoms with van der Waals surface area (Å²) in [5, 5.41) is 3.69. The molecule has 0 saturated carbocycles. The molecule has 251 valence electrons. The van der Waals surface area contributed by atoms with Crippen LogP contribution in [-0.4, -0.2) is 18.0 Å². The minimum Gasteiger partial charge on any atom is -0.501 e. The van der Waals surface area contributed by atoms with Crippen molar-refractivity contribution in [3.63, 3.8) is 0 Å². The Balaban J connectivity index is 0.000000199. The van der Waals surface area contributed by atoms with Crippen LogP contribution < -0.4 is 5.19 Å². The van der Waals surface area contributed by atoms with Crippen molar-refractivity contribution in [1.82, 2.24) is 9.97 Å². The maximum atomic E-state index is 6.34. The SMILES string of the molecule is CC(C)(c1ccccc1)c1ccc2c(c1)oc1c(-c3ccccn3)[c-]ccc12.Cc1c[c-]c(-c2cc(C(C)C)c([Si](C)(C)C)cn2)cc1.[Ir]. The first-order chi connectivity index (χ1) is 22.9. The van der Waals surface area contributed by atoms with E-state index in [1.54, 1.807) is 6.20 Å². The van der Waals surface area contributed by atoms with Gasteiger partial charge in [-0.05, 0) is 45.8 Å². The van der Waals surface area contributed by atoms with E-state index in [0.29, 0.717) is 5.92 Å². The largest absolute Gasteiger partial charge is 0.501 e. The number of hydrogen-bond donors (Lipinski definition) is 0. The molecule has 0 amide bonds. The molecule has 0 atom stereocenters. The van der Waals surface area contributed by atoms with Crippen LogP contribution in [-0.2, 0) is 25.5 Å². The van der Waals surface area contributed by atoms with Gasteiger partial charge in [-0.3, -0.25) is 0 Å². The van der Waals surface area contributed by atoms with Crippen LogP contribution in [0.4, 0.5) is 0 Å². The zero-order chi connectivity index (χ0) is 34.1. The van der Waals surface area contributed by atoms with Crippen molar-refractivity contribution in [2.45, 2.75) is 65.6 Å². The van der Waals surface area contributed by atoms with Gasteiger partial charge in [0.25, 0.3) is 0 Å². The van der Waals surface area contributed by atoms with Crippen molar-refractivity contribution in [1.29, 1.82) is 0 Å². The van der Waals surface area contributed by atoms with Crippen molar-refractivity contribution in [3.8, 4) is 22.5 Å². The molecule has 0 bridgehead atoms. The smallest absolute Gasteiger partial charge is 0.121 e. The van der Waals surface area contributed by atoms with E-state index in [4.69, 9.17) is 9.40 Å². The second-order valence-corrected chi connectivity index (χ2v) is 19.5. The fourth-order valence-corrected chi connectivity index (χ4v) is 7.92. The molecule has 7 aromatic rings. The number of pyridine rings is 2. The Kier molecular flexibility index (Phi) is 10.9. The maximum absolute atomic E-state index is 6.34. The Morgan fingerprint density at radius 2 is 1.51 bits per heavy atom. The number of aryl methyl sites for hydroxylation is 1. The Bertz CT molecular complexity index is 2160. The fourth-order valence-electron chi connectivity index (χ4n) is 6.24. The summed E-state index contributed by atoms with van der Waals surface area (Å²) in [6.45, 7) is 18.3. The molecule has 0 aliphatic rings. The summed E-state index contributed by atoms with van der Waals surface area (Å²) >= 11 is 0. The minimum atomic E-state index is -1.35. The summed E-state index contributed by atoms with van der Waals surface area (Å²) in [5.74, 6) is 0.531. The van der Waals surface area contributed by atoms with Crippen LogP contribution in [0.2, 0.25) is 19.6 Å². The van der Waals surface area contributed by atoms with Gasteiger partial charge in [-0.25, -0.2) is 0 Å². The third-order valence-electron chi connectivity index (χ3n) is 9.18. The number of hydrogen-bond acceptors (Lipinski definition) is 3. The predicted molar refractivity (Wildman–Crippen MR) is 205 cm³/mol. The molecule has 49 heavy (non-hydrogen) atoms. The quantitative estimate of drug-likeness (QED) is 0.124. The zero-order valence-electron chi connectivity index (χ0n) is 29.7. The molecule has 3 heterocycles. The molecule has 0 N–H and O–H groups in total. The van der Waals surface area contributed by atoms with Gasteiger partial charge < -0.3 is 14.4 Å². The van der Waals surface area contributed by atoms with E-state index in [0.717, 1.165) is 44.5 Å². The normalized spacial score (nSPS) is 11.7. The van der Waals surface area contributed by atoms with E-state index >= 15 is 0 Å². The molecule has 1 radical (unpaired) electrons.